The Morgan fingerprint density at radius 3 is 2.49 bits per heavy atom. The number of carboxylic acid groups (broad SMARTS) is 1. The van der Waals surface area contributed by atoms with Crippen molar-refractivity contribution in [2.24, 2.45) is 17.8 Å². The third kappa shape index (κ3) is 5.62. The highest BCUT2D eigenvalue weighted by Crippen LogP contribution is 2.51. The number of amides is 1. The van der Waals surface area contributed by atoms with Crippen molar-refractivity contribution in [3.8, 4) is 10.6 Å². The van der Waals surface area contributed by atoms with E-state index < -0.39 is 11.9 Å². The molecule has 12 heteroatoms. The summed E-state index contributed by atoms with van der Waals surface area (Å²) >= 11 is 22.2. The van der Waals surface area contributed by atoms with Crippen LogP contribution < -0.4 is 10.2 Å². The van der Waals surface area contributed by atoms with Gasteiger partial charge in [-0.05, 0) is 81.2 Å². The Bertz CT molecular complexity index is 1610. The topological polar surface area (TPSA) is 85.8 Å². The zero-order valence-electron chi connectivity index (χ0n) is 23.5. The van der Waals surface area contributed by atoms with Crippen LogP contribution in [-0.4, -0.2) is 58.6 Å². The summed E-state index contributed by atoms with van der Waals surface area (Å²) in [4.78, 5) is 35.8. The van der Waals surface area contributed by atoms with Crippen LogP contribution in [0.15, 0.2) is 29.2 Å². The number of nitrogens with zero attached hydrogens (tertiary/aromatic N) is 3. The fourth-order valence-corrected chi connectivity index (χ4v) is 10.4. The number of nitrogens with one attached hydrogen (secondary N) is 1. The molecule has 0 spiro atoms. The number of hydrogen-bond acceptors (Lipinski definition) is 7. The fraction of sp³-hybridized carbons (Fsp3) is 0.452. The number of carbonyl (C=O) groups is 2. The molecule has 2 aromatic heterocycles. The minimum atomic E-state index is -1.07. The maximum Gasteiger partial charge on any atom is 0.331 e. The highest BCUT2D eigenvalue weighted by molar-refractivity contribution is 7.21. The normalized spacial score (nSPS) is 26.8. The molecule has 5 atom stereocenters. The summed E-state index contributed by atoms with van der Waals surface area (Å²) in [6, 6.07) is 6.22. The summed E-state index contributed by atoms with van der Waals surface area (Å²) in [5.74, 6) is 0.976. The van der Waals surface area contributed by atoms with E-state index in [2.05, 4.69) is 15.1 Å². The number of halogens is 3. The number of likely N-dealkylation sites (tertiary alicyclic amines) is 1. The standard InChI is InChI=1S/C31H31Cl3N4O3S2/c1-15(30(40)41)6-21-22(33)9-19(10-23(21)34)28(39)36-31-35-27(26-11-20(32)14-42-26)29(43-31)37-12-18-4-5-38(25(18)13-37)24-8-16-2-3-17(24)7-16/h6,9-11,14,16-18,24-25H,2-5,7-8,12-13H2,1H3,(H,40,41)(H,35,36,39)/b15-6+/t16-,17?,18?,24?,25?/m0/s1. The molecule has 7 nitrogen and oxygen atoms in total. The van der Waals surface area contributed by atoms with Crippen molar-refractivity contribution in [3.63, 3.8) is 0 Å². The van der Waals surface area contributed by atoms with E-state index in [0.29, 0.717) is 27.7 Å². The molecule has 4 heterocycles. The van der Waals surface area contributed by atoms with Gasteiger partial charge >= 0.3 is 5.97 Å². The van der Waals surface area contributed by atoms with Crippen LogP contribution in [0.2, 0.25) is 15.1 Å². The molecular weight excluding hydrogens is 647 g/mol. The third-order valence-corrected chi connectivity index (χ3v) is 12.6. The van der Waals surface area contributed by atoms with E-state index in [9.17, 15) is 14.7 Å². The average Bonchev–Trinajstić information content (AvgIpc) is 3.79. The number of benzene rings is 1. The first-order chi connectivity index (χ1) is 20.6. The van der Waals surface area contributed by atoms with Gasteiger partial charge in [0.15, 0.2) is 5.13 Å². The molecule has 3 aromatic rings. The lowest BCUT2D eigenvalue weighted by atomic mass is 9.93. The maximum atomic E-state index is 13.3. The van der Waals surface area contributed by atoms with Gasteiger partial charge in [0.1, 0.15) is 10.7 Å². The van der Waals surface area contributed by atoms with Crippen LogP contribution in [0.4, 0.5) is 10.1 Å². The lowest BCUT2D eigenvalue weighted by Gasteiger charge is -2.35. The summed E-state index contributed by atoms with van der Waals surface area (Å²) < 4.78 is 0. The van der Waals surface area contributed by atoms with Gasteiger partial charge in [-0.3, -0.25) is 15.0 Å². The van der Waals surface area contributed by atoms with Gasteiger partial charge in [0.25, 0.3) is 5.91 Å². The van der Waals surface area contributed by atoms with E-state index in [1.165, 1.54) is 75.1 Å². The second kappa shape index (κ2) is 11.7. The molecule has 2 N–H and O–H groups in total. The van der Waals surface area contributed by atoms with Gasteiger partial charge in [0.05, 0.1) is 19.9 Å². The molecule has 2 aliphatic carbocycles. The van der Waals surface area contributed by atoms with Crippen LogP contribution >= 0.6 is 57.5 Å². The van der Waals surface area contributed by atoms with Gasteiger partial charge in [-0.15, -0.1) is 11.3 Å². The Hall–Kier alpha value is -2.14. The van der Waals surface area contributed by atoms with E-state index in [0.717, 1.165) is 46.5 Å². The predicted octanol–water partition coefficient (Wildman–Crippen LogP) is 8.27. The lowest BCUT2D eigenvalue weighted by molar-refractivity contribution is -0.132. The van der Waals surface area contributed by atoms with Crippen molar-refractivity contribution >= 4 is 85.6 Å². The minimum Gasteiger partial charge on any atom is -0.478 e. The van der Waals surface area contributed by atoms with Crippen molar-refractivity contribution in [2.75, 3.05) is 29.9 Å². The third-order valence-electron chi connectivity index (χ3n) is 9.67. The Balaban J connectivity index is 1.14. The van der Waals surface area contributed by atoms with Crippen LogP contribution in [0.5, 0.6) is 0 Å². The van der Waals surface area contributed by atoms with Crippen molar-refractivity contribution in [3.05, 3.63) is 55.3 Å². The molecule has 4 aliphatic rings. The van der Waals surface area contributed by atoms with E-state index >= 15 is 0 Å². The molecule has 4 fully saturated rings. The number of carbonyl (C=O) groups excluding carboxylic acids is 1. The molecule has 0 radical (unpaired) electrons. The van der Waals surface area contributed by atoms with Crippen LogP contribution in [0.3, 0.4) is 0 Å². The number of aliphatic carboxylic acids is 1. The van der Waals surface area contributed by atoms with E-state index in [1.54, 1.807) is 11.3 Å². The van der Waals surface area contributed by atoms with Crippen LogP contribution in [0, 0.1) is 17.8 Å². The van der Waals surface area contributed by atoms with Crippen molar-refractivity contribution in [2.45, 2.75) is 51.1 Å². The molecular formula is C31H31Cl3N4O3S2. The van der Waals surface area contributed by atoms with Crippen LogP contribution in [0.25, 0.3) is 16.6 Å². The largest absolute Gasteiger partial charge is 0.478 e. The first-order valence-electron chi connectivity index (χ1n) is 14.6. The average molecular weight is 678 g/mol. The molecule has 4 unspecified atom stereocenters. The number of carboxylic acids is 1. The summed E-state index contributed by atoms with van der Waals surface area (Å²) in [5.41, 5.74) is 1.54. The second-order valence-corrected chi connectivity index (χ2v) is 15.4. The molecule has 226 valence electrons. The van der Waals surface area contributed by atoms with Gasteiger partial charge in [-0.2, -0.15) is 0 Å². The Labute approximate surface area is 273 Å². The summed E-state index contributed by atoms with van der Waals surface area (Å²) in [6.07, 6.45) is 8.23. The predicted molar refractivity (Wildman–Crippen MR) is 176 cm³/mol. The molecule has 7 rings (SSSR count). The first-order valence-corrected chi connectivity index (χ1v) is 17.5. The monoisotopic (exact) mass is 676 g/mol. The Morgan fingerprint density at radius 2 is 1.84 bits per heavy atom. The summed E-state index contributed by atoms with van der Waals surface area (Å²) in [7, 11) is 0. The number of aromatic nitrogens is 1. The van der Waals surface area contributed by atoms with Crippen molar-refractivity contribution in [1.82, 2.24) is 9.88 Å². The number of hydrogen-bond donors (Lipinski definition) is 2. The number of thiophene rings is 1. The summed E-state index contributed by atoms with van der Waals surface area (Å²) in [5, 5.41) is 16.7. The van der Waals surface area contributed by atoms with E-state index in [-0.39, 0.29) is 21.2 Å². The van der Waals surface area contributed by atoms with Gasteiger partial charge in [0.2, 0.25) is 0 Å². The molecule has 1 aromatic carbocycles. The lowest BCUT2D eigenvalue weighted by Crippen LogP contribution is -2.45. The maximum absolute atomic E-state index is 13.3. The highest BCUT2D eigenvalue weighted by atomic mass is 35.5. The fourth-order valence-electron chi connectivity index (χ4n) is 7.67. The quantitative estimate of drug-likeness (QED) is 0.245. The van der Waals surface area contributed by atoms with Crippen LogP contribution in [0.1, 0.15) is 54.9 Å². The minimum absolute atomic E-state index is 0.0853. The van der Waals surface area contributed by atoms with Crippen molar-refractivity contribution < 1.29 is 14.7 Å². The van der Waals surface area contributed by atoms with Crippen LogP contribution in [-0.2, 0) is 4.79 Å². The van der Waals surface area contributed by atoms with Crippen molar-refractivity contribution in [1.29, 1.82) is 0 Å². The van der Waals surface area contributed by atoms with Gasteiger partial charge in [0, 0.05) is 47.3 Å². The smallest absolute Gasteiger partial charge is 0.331 e. The van der Waals surface area contributed by atoms with Gasteiger partial charge < -0.3 is 10.0 Å². The van der Waals surface area contributed by atoms with E-state index in [1.807, 2.05) is 11.4 Å². The molecule has 2 bridgehead atoms. The van der Waals surface area contributed by atoms with Gasteiger partial charge in [-0.25, -0.2) is 9.78 Å². The highest BCUT2D eigenvalue weighted by Gasteiger charge is 2.50. The first kappa shape index (κ1) is 29.6. The Morgan fingerprint density at radius 1 is 1.05 bits per heavy atom. The molecule has 1 amide bonds. The zero-order chi connectivity index (χ0) is 30.0. The number of rotatable bonds is 7. The number of thiazole rings is 1. The zero-order valence-corrected chi connectivity index (χ0v) is 27.4. The Kier molecular flexibility index (Phi) is 8.01. The molecule has 2 saturated carbocycles. The molecule has 43 heavy (non-hydrogen) atoms. The molecule has 2 aliphatic heterocycles. The molecule has 2 saturated heterocycles. The second-order valence-electron chi connectivity index (χ2n) is 12.2. The summed E-state index contributed by atoms with van der Waals surface area (Å²) in [6.45, 7) is 4.62. The number of anilines is 2. The van der Waals surface area contributed by atoms with Gasteiger partial charge in [-0.1, -0.05) is 52.6 Å². The number of fused-ring (bicyclic) bond motifs is 3. The SMILES string of the molecule is C/C(=C\c1c(Cl)cc(C(=O)Nc2nc(-c3cc(Cl)cs3)c(N3CC4CCN(C5C[C@H]6CCC5C6)C4C3)s2)cc1Cl)C(=O)O. The van der Waals surface area contributed by atoms with E-state index in [4.69, 9.17) is 39.8 Å².